The van der Waals surface area contributed by atoms with Gasteiger partial charge >= 0.3 is 0 Å². The van der Waals surface area contributed by atoms with Gasteiger partial charge in [-0.3, -0.25) is 9.98 Å². The van der Waals surface area contributed by atoms with Crippen molar-refractivity contribution in [2.24, 2.45) is 4.99 Å². The van der Waals surface area contributed by atoms with Crippen LogP contribution in [0.1, 0.15) is 43.7 Å². The third-order valence-corrected chi connectivity index (χ3v) is 7.99. The molecule has 3 heterocycles. The molecule has 3 aromatic rings. The minimum absolute atomic E-state index is 0.0612. The van der Waals surface area contributed by atoms with Gasteiger partial charge in [0.1, 0.15) is 0 Å². The van der Waals surface area contributed by atoms with Gasteiger partial charge in [-0.1, -0.05) is 19.9 Å². The SMILES string of the molecule is CC1(C)N=C(c2ccc3nccc(S(C)(=N)=O)c3c2)c2sccc2C1(C)C. The first-order valence-corrected chi connectivity index (χ1v) is 11.7. The molecule has 27 heavy (non-hydrogen) atoms. The number of nitrogens with one attached hydrogen (secondary N) is 1. The number of pyridine rings is 1. The van der Waals surface area contributed by atoms with Gasteiger partial charge in [-0.15, -0.1) is 11.3 Å². The summed E-state index contributed by atoms with van der Waals surface area (Å²) in [7, 11) is -2.85. The standard InChI is InChI=1S/C21H23N3OS2/c1-20(2)15-9-11-26-19(15)18(24-21(20,3)4)13-6-7-16-14(12-13)17(8-10-23-16)27(5,22)25/h6-12,22H,1-5H3. The number of thiophene rings is 1. The van der Waals surface area contributed by atoms with Gasteiger partial charge in [0.15, 0.2) is 0 Å². The molecular formula is C21H23N3OS2. The highest BCUT2D eigenvalue weighted by atomic mass is 32.2. The van der Waals surface area contributed by atoms with Gasteiger partial charge in [0.2, 0.25) is 0 Å². The van der Waals surface area contributed by atoms with Crippen LogP contribution in [0.5, 0.6) is 0 Å². The molecular weight excluding hydrogens is 374 g/mol. The molecule has 1 atom stereocenters. The molecule has 1 N–H and O–H groups in total. The Labute approximate surface area is 164 Å². The van der Waals surface area contributed by atoms with Crippen molar-refractivity contribution in [1.29, 1.82) is 4.78 Å². The summed E-state index contributed by atoms with van der Waals surface area (Å²) >= 11 is 1.71. The van der Waals surface area contributed by atoms with E-state index in [1.165, 1.54) is 16.7 Å². The molecule has 4 nitrogen and oxygen atoms in total. The molecule has 1 unspecified atom stereocenters. The van der Waals surface area contributed by atoms with E-state index < -0.39 is 9.73 Å². The number of aliphatic imine (C=N–C) groups is 1. The number of hydrogen-bond donors (Lipinski definition) is 1. The second-order valence-electron chi connectivity index (χ2n) is 8.19. The summed E-state index contributed by atoms with van der Waals surface area (Å²) in [6.07, 6.45) is 3.08. The molecule has 0 saturated heterocycles. The zero-order valence-electron chi connectivity index (χ0n) is 16.2. The summed E-state index contributed by atoms with van der Waals surface area (Å²) in [4.78, 5) is 11.2. The van der Waals surface area contributed by atoms with E-state index in [0.717, 1.165) is 22.2 Å². The van der Waals surface area contributed by atoms with Crippen LogP contribution in [0.25, 0.3) is 10.9 Å². The van der Waals surface area contributed by atoms with Crippen LogP contribution >= 0.6 is 11.3 Å². The fourth-order valence-electron chi connectivity index (χ4n) is 3.59. The average molecular weight is 398 g/mol. The van der Waals surface area contributed by atoms with E-state index in [0.29, 0.717) is 4.90 Å². The van der Waals surface area contributed by atoms with E-state index in [2.05, 4.69) is 44.1 Å². The fraction of sp³-hybridized carbons (Fsp3) is 0.333. The molecule has 1 aliphatic heterocycles. The van der Waals surface area contributed by atoms with E-state index in [9.17, 15) is 4.21 Å². The number of nitrogens with zero attached hydrogens (tertiary/aromatic N) is 2. The van der Waals surface area contributed by atoms with E-state index in [1.807, 2.05) is 18.2 Å². The van der Waals surface area contributed by atoms with Crippen LogP contribution in [-0.4, -0.2) is 26.7 Å². The first-order valence-electron chi connectivity index (χ1n) is 8.83. The van der Waals surface area contributed by atoms with Crippen molar-refractivity contribution >= 4 is 37.7 Å². The molecule has 0 bridgehead atoms. The predicted molar refractivity (Wildman–Crippen MR) is 114 cm³/mol. The molecule has 0 spiro atoms. The van der Waals surface area contributed by atoms with Gasteiger partial charge in [-0.25, -0.2) is 8.99 Å². The lowest BCUT2D eigenvalue weighted by atomic mass is 9.67. The molecule has 2 aromatic heterocycles. The van der Waals surface area contributed by atoms with Crippen molar-refractivity contribution in [3.63, 3.8) is 0 Å². The Balaban J connectivity index is 2.00. The number of fused-ring (bicyclic) bond motifs is 2. The van der Waals surface area contributed by atoms with E-state index in [4.69, 9.17) is 9.77 Å². The number of hydrogen-bond acceptors (Lipinski definition) is 5. The topological polar surface area (TPSA) is 66.2 Å². The van der Waals surface area contributed by atoms with Crippen LogP contribution in [0.3, 0.4) is 0 Å². The lowest BCUT2D eigenvalue weighted by Crippen LogP contribution is -2.45. The first kappa shape index (κ1) is 18.3. The summed E-state index contributed by atoms with van der Waals surface area (Å²) in [5.41, 5.74) is 3.70. The predicted octanol–water partition coefficient (Wildman–Crippen LogP) is 5.24. The lowest BCUT2D eigenvalue weighted by molar-refractivity contribution is 0.305. The molecule has 140 valence electrons. The van der Waals surface area contributed by atoms with Crippen LogP contribution < -0.4 is 0 Å². The van der Waals surface area contributed by atoms with Crippen molar-refractivity contribution in [2.45, 2.75) is 43.5 Å². The summed E-state index contributed by atoms with van der Waals surface area (Å²) in [5.74, 6) is 0. The minimum atomic E-state index is -2.85. The summed E-state index contributed by atoms with van der Waals surface area (Å²) in [5, 5.41) is 2.89. The van der Waals surface area contributed by atoms with Gasteiger partial charge < -0.3 is 0 Å². The average Bonchev–Trinajstić information content (AvgIpc) is 3.07. The van der Waals surface area contributed by atoms with Crippen molar-refractivity contribution in [3.8, 4) is 0 Å². The lowest BCUT2D eigenvalue weighted by Gasteiger charge is -2.43. The summed E-state index contributed by atoms with van der Waals surface area (Å²) in [6, 6.07) is 9.84. The second-order valence-corrected chi connectivity index (χ2v) is 11.2. The first-order chi connectivity index (χ1) is 12.5. The highest BCUT2D eigenvalue weighted by Crippen LogP contribution is 2.45. The molecule has 0 saturated carbocycles. The highest BCUT2D eigenvalue weighted by Gasteiger charge is 2.44. The van der Waals surface area contributed by atoms with Crippen LogP contribution in [-0.2, 0) is 15.1 Å². The van der Waals surface area contributed by atoms with Gasteiger partial charge in [0, 0.05) is 28.8 Å². The molecule has 0 fully saturated rings. The summed E-state index contributed by atoms with van der Waals surface area (Å²) in [6.45, 7) is 8.83. The quantitative estimate of drug-likeness (QED) is 0.643. The van der Waals surface area contributed by atoms with Gasteiger partial charge in [-0.2, -0.15) is 0 Å². The molecule has 1 aliphatic rings. The van der Waals surface area contributed by atoms with Crippen molar-refractivity contribution < 1.29 is 4.21 Å². The Bertz CT molecular complexity index is 1200. The number of benzene rings is 1. The highest BCUT2D eigenvalue weighted by molar-refractivity contribution is 7.92. The fourth-order valence-corrected chi connectivity index (χ4v) is 5.56. The summed E-state index contributed by atoms with van der Waals surface area (Å²) < 4.78 is 20.5. The van der Waals surface area contributed by atoms with Gasteiger partial charge in [0.25, 0.3) is 0 Å². The Morgan fingerprint density at radius 1 is 1.11 bits per heavy atom. The van der Waals surface area contributed by atoms with Crippen molar-refractivity contribution in [2.75, 3.05) is 6.26 Å². The molecule has 1 aromatic carbocycles. The maximum absolute atomic E-state index is 12.4. The second kappa shape index (κ2) is 5.72. The molecule has 6 heteroatoms. The molecule has 0 amide bonds. The largest absolute Gasteiger partial charge is 0.276 e. The molecule has 0 aliphatic carbocycles. The van der Waals surface area contributed by atoms with Crippen LogP contribution in [0.4, 0.5) is 0 Å². The van der Waals surface area contributed by atoms with Crippen molar-refractivity contribution in [3.05, 3.63) is 57.9 Å². The number of aromatic nitrogens is 1. The van der Waals surface area contributed by atoms with Crippen LogP contribution in [0, 0.1) is 4.78 Å². The zero-order valence-corrected chi connectivity index (χ0v) is 17.8. The van der Waals surface area contributed by atoms with Crippen LogP contribution in [0.15, 0.2) is 51.8 Å². The maximum Gasteiger partial charge on any atom is 0.0828 e. The van der Waals surface area contributed by atoms with Gasteiger partial charge in [-0.05, 0) is 49.1 Å². The third-order valence-electron chi connectivity index (χ3n) is 5.87. The normalized spacial score (nSPS) is 20.0. The molecule has 0 radical (unpaired) electrons. The Kier molecular flexibility index (Phi) is 3.88. The Hall–Kier alpha value is -2.05. The number of rotatable bonds is 2. The minimum Gasteiger partial charge on any atom is -0.276 e. The van der Waals surface area contributed by atoms with E-state index in [1.54, 1.807) is 23.6 Å². The molecule has 4 rings (SSSR count). The third kappa shape index (κ3) is 2.74. The zero-order chi connectivity index (χ0) is 19.6. The maximum atomic E-state index is 12.4. The monoisotopic (exact) mass is 397 g/mol. The van der Waals surface area contributed by atoms with Crippen LogP contribution in [0.2, 0.25) is 0 Å². The van der Waals surface area contributed by atoms with Crippen molar-refractivity contribution in [1.82, 2.24) is 4.98 Å². The van der Waals surface area contributed by atoms with E-state index >= 15 is 0 Å². The van der Waals surface area contributed by atoms with Gasteiger partial charge in [0.05, 0.1) is 36.3 Å². The smallest absolute Gasteiger partial charge is 0.0828 e. The Morgan fingerprint density at radius 2 is 1.85 bits per heavy atom. The van der Waals surface area contributed by atoms with E-state index in [-0.39, 0.29) is 11.0 Å². The Morgan fingerprint density at radius 3 is 2.56 bits per heavy atom.